The number of rotatable bonds is 10. The van der Waals surface area contributed by atoms with Crippen LogP contribution in [-0.4, -0.2) is 39.4 Å². The van der Waals surface area contributed by atoms with Crippen molar-refractivity contribution in [3.05, 3.63) is 71.5 Å². The van der Waals surface area contributed by atoms with Gasteiger partial charge in [0.2, 0.25) is 11.8 Å². The van der Waals surface area contributed by atoms with Gasteiger partial charge in [0.25, 0.3) is 0 Å². The molecule has 0 unspecified atom stereocenters. The fraction of sp³-hybridized carbons (Fsp3) is 0.217. The zero-order valence-electron chi connectivity index (χ0n) is 18.3. The first-order valence-corrected chi connectivity index (χ1v) is 11.4. The molecule has 0 aliphatic heterocycles. The van der Waals surface area contributed by atoms with Crippen LogP contribution in [0, 0.1) is 6.92 Å². The molecule has 10 heteroatoms. The minimum absolute atomic E-state index is 0.0293. The fourth-order valence-corrected chi connectivity index (χ4v) is 3.84. The van der Waals surface area contributed by atoms with Gasteiger partial charge in [-0.15, -0.1) is 16.8 Å². The number of carbonyl (C=O) groups excluding carboxylic acids is 2. The molecule has 3 rings (SSSR count). The summed E-state index contributed by atoms with van der Waals surface area (Å²) in [6.07, 6.45) is 1.72. The quantitative estimate of drug-likeness (QED) is 0.327. The Morgan fingerprint density at radius 3 is 2.48 bits per heavy atom. The SMILES string of the molecule is C=CCn1c(CC(=O)Nc2ccc(OC)cc2)nnc1SCC(=O)Nc1ccc(C)c(Cl)c1. The van der Waals surface area contributed by atoms with Gasteiger partial charge in [-0.25, -0.2) is 0 Å². The van der Waals surface area contributed by atoms with Crippen LogP contribution in [0.2, 0.25) is 5.02 Å². The van der Waals surface area contributed by atoms with E-state index in [4.69, 9.17) is 16.3 Å². The summed E-state index contributed by atoms with van der Waals surface area (Å²) in [6, 6.07) is 12.4. The summed E-state index contributed by atoms with van der Waals surface area (Å²) in [7, 11) is 1.58. The van der Waals surface area contributed by atoms with Crippen molar-refractivity contribution in [2.24, 2.45) is 0 Å². The molecule has 0 aliphatic rings. The molecule has 2 amide bonds. The molecular formula is C23H24ClN5O3S. The number of hydrogen-bond donors (Lipinski definition) is 2. The molecule has 0 atom stereocenters. The smallest absolute Gasteiger partial charge is 0.234 e. The number of thioether (sulfide) groups is 1. The van der Waals surface area contributed by atoms with Gasteiger partial charge in [-0.3, -0.25) is 9.59 Å². The molecule has 8 nitrogen and oxygen atoms in total. The van der Waals surface area contributed by atoms with Crippen molar-refractivity contribution in [1.82, 2.24) is 14.8 Å². The number of halogens is 1. The van der Waals surface area contributed by atoms with E-state index in [-0.39, 0.29) is 24.0 Å². The molecule has 0 saturated heterocycles. The maximum atomic E-state index is 12.5. The third kappa shape index (κ3) is 6.84. The molecule has 0 spiro atoms. The van der Waals surface area contributed by atoms with Crippen LogP contribution >= 0.6 is 23.4 Å². The molecule has 1 aromatic heterocycles. The highest BCUT2D eigenvalue weighted by molar-refractivity contribution is 7.99. The number of nitrogens with zero attached hydrogens (tertiary/aromatic N) is 3. The van der Waals surface area contributed by atoms with E-state index in [1.165, 1.54) is 11.8 Å². The summed E-state index contributed by atoms with van der Waals surface area (Å²) in [5, 5.41) is 15.0. The molecule has 0 bridgehead atoms. The predicted molar refractivity (Wildman–Crippen MR) is 131 cm³/mol. The van der Waals surface area contributed by atoms with E-state index in [0.29, 0.717) is 39.7 Å². The Labute approximate surface area is 201 Å². The number of methoxy groups -OCH3 is 1. The van der Waals surface area contributed by atoms with Crippen LogP contribution in [0.1, 0.15) is 11.4 Å². The lowest BCUT2D eigenvalue weighted by Crippen LogP contribution is -2.18. The first-order chi connectivity index (χ1) is 15.9. The number of hydrogen-bond acceptors (Lipinski definition) is 6. The van der Waals surface area contributed by atoms with E-state index in [2.05, 4.69) is 27.4 Å². The van der Waals surface area contributed by atoms with Gasteiger partial charge >= 0.3 is 0 Å². The van der Waals surface area contributed by atoms with Crippen LogP contribution in [0.25, 0.3) is 0 Å². The van der Waals surface area contributed by atoms with Gasteiger partial charge in [-0.05, 0) is 48.9 Å². The van der Waals surface area contributed by atoms with Crippen molar-refractivity contribution in [3.63, 3.8) is 0 Å². The topological polar surface area (TPSA) is 98.1 Å². The maximum absolute atomic E-state index is 12.5. The number of benzene rings is 2. The second-order valence-electron chi connectivity index (χ2n) is 7.05. The summed E-state index contributed by atoms with van der Waals surface area (Å²) in [4.78, 5) is 24.9. The minimum atomic E-state index is -0.233. The second kappa shape index (κ2) is 11.5. The Morgan fingerprint density at radius 1 is 1.12 bits per heavy atom. The van der Waals surface area contributed by atoms with Gasteiger partial charge in [0.05, 0.1) is 19.3 Å². The Hall–Kier alpha value is -3.30. The zero-order chi connectivity index (χ0) is 23.8. The molecular weight excluding hydrogens is 462 g/mol. The van der Waals surface area contributed by atoms with Gasteiger partial charge in [0.1, 0.15) is 11.6 Å². The highest BCUT2D eigenvalue weighted by Gasteiger charge is 2.16. The highest BCUT2D eigenvalue weighted by atomic mass is 35.5. The first kappa shape index (κ1) is 24.3. The molecule has 2 aromatic carbocycles. The van der Waals surface area contributed by atoms with Gasteiger partial charge < -0.3 is 19.9 Å². The number of ether oxygens (including phenoxy) is 1. The summed E-state index contributed by atoms with van der Waals surface area (Å²) in [5.41, 5.74) is 2.21. The average molecular weight is 486 g/mol. The summed E-state index contributed by atoms with van der Waals surface area (Å²) < 4.78 is 6.88. The lowest BCUT2D eigenvalue weighted by molar-refractivity contribution is -0.116. The largest absolute Gasteiger partial charge is 0.497 e. The molecule has 0 aliphatic carbocycles. The van der Waals surface area contributed by atoms with E-state index >= 15 is 0 Å². The highest BCUT2D eigenvalue weighted by Crippen LogP contribution is 2.22. The monoisotopic (exact) mass is 485 g/mol. The third-order valence-electron chi connectivity index (χ3n) is 4.59. The molecule has 172 valence electrons. The number of carbonyl (C=O) groups is 2. The van der Waals surface area contributed by atoms with Crippen molar-refractivity contribution >= 4 is 46.6 Å². The number of aromatic nitrogens is 3. The van der Waals surface area contributed by atoms with Crippen molar-refractivity contribution < 1.29 is 14.3 Å². The molecule has 0 fully saturated rings. The van der Waals surface area contributed by atoms with E-state index in [1.807, 2.05) is 13.0 Å². The lowest BCUT2D eigenvalue weighted by atomic mass is 10.2. The standard InChI is InChI=1S/C23H24ClN5O3S/c1-4-11-29-20(13-21(30)25-16-7-9-18(32-3)10-8-16)27-28-23(29)33-14-22(31)26-17-6-5-15(2)19(24)12-17/h4-10,12H,1,11,13-14H2,2-3H3,(H,25,30)(H,26,31). The van der Waals surface area contributed by atoms with Gasteiger partial charge in [-0.2, -0.15) is 0 Å². The number of anilines is 2. The third-order valence-corrected chi connectivity index (χ3v) is 5.96. The summed E-state index contributed by atoms with van der Waals surface area (Å²) in [6.45, 7) is 6.06. The molecule has 2 N–H and O–H groups in total. The van der Waals surface area contributed by atoms with Crippen LogP contribution < -0.4 is 15.4 Å². The average Bonchev–Trinajstić information content (AvgIpc) is 3.16. The maximum Gasteiger partial charge on any atom is 0.234 e. The normalized spacial score (nSPS) is 10.5. The van der Waals surface area contributed by atoms with E-state index < -0.39 is 0 Å². The fourth-order valence-electron chi connectivity index (χ4n) is 2.89. The van der Waals surface area contributed by atoms with E-state index in [9.17, 15) is 9.59 Å². The van der Waals surface area contributed by atoms with E-state index in [1.54, 1.807) is 54.2 Å². The first-order valence-electron chi connectivity index (χ1n) is 10.0. The number of allylic oxidation sites excluding steroid dienone is 1. The Kier molecular flexibility index (Phi) is 8.51. The predicted octanol–water partition coefficient (Wildman–Crippen LogP) is 4.35. The van der Waals surface area contributed by atoms with Crippen LogP contribution in [0.3, 0.4) is 0 Å². The van der Waals surface area contributed by atoms with Crippen LogP contribution in [0.5, 0.6) is 5.75 Å². The van der Waals surface area contributed by atoms with Gasteiger partial charge in [0, 0.05) is 22.9 Å². The van der Waals surface area contributed by atoms with Crippen molar-refractivity contribution in [2.75, 3.05) is 23.5 Å². The van der Waals surface area contributed by atoms with Crippen molar-refractivity contribution in [1.29, 1.82) is 0 Å². The Balaban J connectivity index is 1.60. The van der Waals surface area contributed by atoms with Gasteiger partial charge in [0.15, 0.2) is 5.16 Å². The lowest BCUT2D eigenvalue weighted by Gasteiger charge is -2.09. The number of nitrogens with one attached hydrogen (secondary N) is 2. The van der Waals surface area contributed by atoms with Crippen LogP contribution in [0.15, 0.2) is 60.3 Å². The Morgan fingerprint density at radius 2 is 1.82 bits per heavy atom. The summed E-state index contributed by atoms with van der Waals surface area (Å²) >= 11 is 7.34. The van der Waals surface area contributed by atoms with Gasteiger partial charge in [-0.1, -0.05) is 35.5 Å². The number of amides is 2. The van der Waals surface area contributed by atoms with E-state index in [0.717, 1.165) is 5.56 Å². The molecule has 33 heavy (non-hydrogen) atoms. The van der Waals surface area contributed by atoms with Crippen LogP contribution in [0.4, 0.5) is 11.4 Å². The number of aryl methyl sites for hydroxylation is 1. The van der Waals surface area contributed by atoms with Crippen molar-refractivity contribution in [3.8, 4) is 5.75 Å². The zero-order valence-corrected chi connectivity index (χ0v) is 19.9. The summed E-state index contributed by atoms with van der Waals surface area (Å²) in [5.74, 6) is 0.873. The molecule has 0 saturated carbocycles. The molecule has 0 radical (unpaired) electrons. The van der Waals surface area contributed by atoms with Crippen LogP contribution in [-0.2, 0) is 22.6 Å². The minimum Gasteiger partial charge on any atom is -0.497 e. The molecule has 3 aromatic rings. The second-order valence-corrected chi connectivity index (χ2v) is 8.40. The Bertz CT molecular complexity index is 1150. The molecule has 1 heterocycles. The van der Waals surface area contributed by atoms with Crippen molar-refractivity contribution in [2.45, 2.75) is 25.0 Å².